The van der Waals surface area contributed by atoms with Gasteiger partial charge in [-0.25, -0.2) is 10.2 Å². The van der Waals surface area contributed by atoms with E-state index in [1.54, 1.807) is 36.4 Å². The topological polar surface area (TPSA) is 91.9 Å². The summed E-state index contributed by atoms with van der Waals surface area (Å²) in [6.45, 7) is 1.85. The molecule has 3 rings (SSSR count). The van der Waals surface area contributed by atoms with Gasteiger partial charge >= 0.3 is 5.97 Å². The quantitative estimate of drug-likeness (QED) is 0.543. The highest BCUT2D eigenvalue weighted by Gasteiger charge is 2.08. The summed E-state index contributed by atoms with van der Waals surface area (Å²) in [6, 6.07) is 17.1. The molecular weight excluding hydrogens is 332 g/mol. The maximum absolute atomic E-state index is 12.1. The number of nitrogens with one attached hydrogen (secondary N) is 1. The van der Waals surface area contributed by atoms with Crippen molar-refractivity contribution in [2.75, 3.05) is 0 Å². The largest absolute Gasteiger partial charge is 0.478 e. The second-order valence-corrected chi connectivity index (χ2v) is 5.60. The molecule has 0 spiro atoms. The molecule has 6 nitrogen and oxygen atoms in total. The van der Waals surface area contributed by atoms with E-state index >= 15 is 0 Å². The molecule has 0 bridgehead atoms. The normalized spacial score (nSPS) is 10.8. The second-order valence-electron chi connectivity index (χ2n) is 5.60. The molecule has 0 aliphatic heterocycles. The lowest BCUT2D eigenvalue weighted by molar-refractivity contribution is 0.0696. The predicted octanol–water partition coefficient (Wildman–Crippen LogP) is 3.72. The molecule has 2 aromatic carbocycles. The van der Waals surface area contributed by atoms with E-state index in [-0.39, 0.29) is 11.5 Å². The van der Waals surface area contributed by atoms with Crippen molar-refractivity contribution in [1.82, 2.24) is 5.43 Å². The summed E-state index contributed by atoms with van der Waals surface area (Å²) in [4.78, 5) is 22.9. The Bertz CT molecular complexity index is 971. The maximum Gasteiger partial charge on any atom is 0.335 e. The molecule has 6 heteroatoms. The number of amides is 1. The molecule has 1 aromatic heterocycles. The lowest BCUT2D eigenvalue weighted by Crippen LogP contribution is -2.18. The molecule has 0 aliphatic rings. The van der Waals surface area contributed by atoms with Crippen molar-refractivity contribution < 1.29 is 19.1 Å². The van der Waals surface area contributed by atoms with Crippen molar-refractivity contribution in [1.29, 1.82) is 0 Å². The lowest BCUT2D eigenvalue weighted by atomic mass is 10.1. The minimum atomic E-state index is -0.979. The van der Waals surface area contributed by atoms with Gasteiger partial charge < -0.3 is 9.52 Å². The van der Waals surface area contributed by atoms with Crippen molar-refractivity contribution >= 4 is 18.1 Å². The SMILES string of the molecule is Cc1ccccc1C(=O)N/N=C\c1ccc(-c2ccc(C(=O)O)cc2)o1. The van der Waals surface area contributed by atoms with Gasteiger partial charge in [-0.3, -0.25) is 4.79 Å². The van der Waals surface area contributed by atoms with Crippen LogP contribution >= 0.6 is 0 Å². The zero-order chi connectivity index (χ0) is 18.5. The molecule has 0 atom stereocenters. The number of aryl methyl sites for hydroxylation is 1. The van der Waals surface area contributed by atoms with Gasteiger partial charge in [0.15, 0.2) is 0 Å². The van der Waals surface area contributed by atoms with Gasteiger partial charge in [0.05, 0.1) is 11.8 Å². The Labute approximate surface area is 149 Å². The zero-order valence-electron chi connectivity index (χ0n) is 14.0. The third-order valence-corrected chi connectivity index (χ3v) is 3.79. The highest BCUT2D eigenvalue weighted by molar-refractivity contribution is 5.96. The van der Waals surface area contributed by atoms with E-state index in [1.807, 2.05) is 19.1 Å². The number of nitrogens with zero attached hydrogens (tertiary/aromatic N) is 1. The predicted molar refractivity (Wildman–Crippen MR) is 97.3 cm³/mol. The van der Waals surface area contributed by atoms with Crippen LogP contribution in [0, 0.1) is 6.92 Å². The second kappa shape index (κ2) is 7.48. The van der Waals surface area contributed by atoms with E-state index in [2.05, 4.69) is 10.5 Å². The number of rotatable bonds is 5. The number of carboxylic acid groups (broad SMARTS) is 1. The van der Waals surface area contributed by atoms with Crippen molar-refractivity contribution in [3.05, 3.63) is 83.1 Å². The third-order valence-electron chi connectivity index (χ3n) is 3.79. The van der Waals surface area contributed by atoms with Gasteiger partial charge in [0.2, 0.25) is 0 Å². The van der Waals surface area contributed by atoms with Crippen LogP contribution in [0.2, 0.25) is 0 Å². The number of hydrogen-bond acceptors (Lipinski definition) is 4. The Hall–Kier alpha value is -3.67. The van der Waals surface area contributed by atoms with E-state index in [9.17, 15) is 9.59 Å². The summed E-state index contributed by atoms with van der Waals surface area (Å²) in [7, 11) is 0. The molecular formula is C20H16N2O4. The van der Waals surface area contributed by atoms with Gasteiger partial charge in [0.1, 0.15) is 11.5 Å². The van der Waals surface area contributed by atoms with Crippen LogP contribution in [0.4, 0.5) is 0 Å². The first-order valence-electron chi connectivity index (χ1n) is 7.87. The summed E-state index contributed by atoms with van der Waals surface area (Å²) < 4.78 is 5.63. The van der Waals surface area contributed by atoms with Gasteiger partial charge in [-0.15, -0.1) is 0 Å². The van der Waals surface area contributed by atoms with Crippen LogP contribution < -0.4 is 5.43 Å². The van der Waals surface area contributed by atoms with Gasteiger partial charge in [-0.1, -0.05) is 30.3 Å². The van der Waals surface area contributed by atoms with E-state index in [0.29, 0.717) is 17.1 Å². The van der Waals surface area contributed by atoms with Gasteiger partial charge in [0, 0.05) is 11.1 Å². The Morgan fingerprint density at radius 2 is 1.77 bits per heavy atom. The van der Waals surface area contributed by atoms with Crippen LogP contribution in [0.3, 0.4) is 0 Å². The summed E-state index contributed by atoms with van der Waals surface area (Å²) in [5.41, 5.74) is 4.85. The maximum atomic E-state index is 12.1. The molecule has 130 valence electrons. The fraction of sp³-hybridized carbons (Fsp3) is 0.0500. The molecule has 0 aliphatic carbocycles. The summed E-state index contributed by atoms with van der Waals surface area (Å²) in [5, 5.41) is 12.8. The number of hydrazone groups is 1. The van der Waals surface area contributed by atoms with Crippen molar-refractivity contribution in [3.8, 4) is 11.3 Å². The minimum absolute atomic E-state index is 0.209. The lowest BCUT2D eigenvalue weighted by Gasteiger charge is -2.02. The van der Waals surface area contributed by atoms with Gasteiger partial charge in [-0.2, -0.15) is 5.10 Å². The Morgan fingerprint density at radius 1 is 1.04 bits per heavy atom. The average molecular weight is 348 g/mol. The number of carboxylic acids is 1. The molecule has 2 N–H and O–H groups in total. The Kier molecular flexibility index (Phi) is 4.94. The summed E-state index contributed by atoms with van der Waals surface area (Å²) >= 11 is 0. The number of hydrogen-bond donors (Lipinski definition) is 2. The van der Waals surface area contributed by atoms with E-state index in [0.717, 1.165) is 11.1 Å². The summed E-state index contributed by atoms with van der Waals surface area (Å²) in [5.74, 6) is -0.232. The first kappa shape index (κ1) is 17.2. The molecule has 0 saturated carbocycles. The molecule has 0 saturated heterocycles. The van der Waals surface area contributed by atoms with Crippen molar-refractivity contribution in [2.45, 2.75) is 6.92 Å². The zero-order valence-corrected chi connectivity index (χ0v) is 14.0. The van der Waals surface area contributed by atoms with Crippen LogP contribution in [-0.4, -0.2) is 23.2 Å². The first-order chi connectivity index (χ1) is 12.5. The van der Waals surface area contributed by atoms with Gasteiger partial charge in [-0.05, 0) is 42.8 Å². The minimum Gasteiger partial charge on any atom is -0.478 e. The highest BCUT2D eigenvalue weighted by atomic mass is 16.4. The Balaban J connectivity index is 1.66. The average Bonchev–Trinajstić information content (AvgIpc) is 3.11. The highest BCUT2D eigenvalue weighted by Crippen LogP contribution is 2.22. The van der Waals surface area contributed by atoms with Crippen LogP contribution in [0.15, 0.2) is 70.2 Å². The molecule has 26 heavy (non-hydrogen) atoms. The molecule has 3 aromatic rings. The number of carbonyl (C=O) groups is 2. The standard InChI is InChI=1S/C20H16N2O4/c1-13-4-2-3-5-17(13)19(23)22-21-12-16-10-11-18(26-16)14-6-8-15(9-7-14)20(24)25/h2-12H,1H3,(H,22,23)(H,24,25)/b21-12-. The first-order valence-corrected chi connectivity index (χ1v) is 7.87. The fourth-order valence-electron chi connectivity index (χ4n) is 2.40. The van der Waals surface area contributed by atoms with Crippen molar-refractivity contribution in [2.24, 2.45) is 5.10 Å². The smallest absolute Gasteiger partial charge is 0.335 e. The number of aromatic carboxylic acids is 1. The van der Waals surface area contributed by atoms with E-state index < -0.39 is 5.97 Å². The van der Waals surface area contributed by atoms with E-state index in [4.69, 9.17) is 9.52 Å². The number of benzene rings is 2. The van der Waals surface area contributed by atoms with Gasteiger partial charge in [0.25, 0.3) is 5.91 Å². The monoisotopic (exact) mass is 348 g/mol. The van der Waals surface area contributed by atoms with Crippen LogP contribution in [-0.2, 0) is 0 Å². The van der Waals surface area contributed by atoms with E-state index in [1.165, 1.54) is 18.3 Å². The number of carbonyl (C=O) groups excluding carboxylic acids is 1. The molecule has 0 unspecified atom stereocenters. The van der Waals surface area contributed by atoms with Crippen LogP contribution in [0.1, 0.15) is 32.0 Å². The van der Waals surface area contributed by atoms with Crippen LogP contribution in [0.5, 0.6) is 0 Å². The number of furan rings is 1. The third kappa shape index (κ3) is 3.87. The molecule has 1 amide bonds. The fourth-order valence-corrected chi connectivity index (χ4v) is 2.40. The molecule has 1 heterocycles. The van der Waals surface area contributed by atoms with Crippen LogP contribution in [0.25, 0.3) is 11.3 Å². The molecule has 0 radical (unpaired) electrons. The van der Waals surface area contributed by atoms with Crippen molar-refractivity contribution in [3.63, 3.8) is 0 Å². The summed E-state index contributed by atoms with van der Waals surface area (Å²) in [6.07, 6.45) is 1.41. The Morgan fingerprint density at radius 3 is 2.46 bits per heavy atom. The molecule has 0 fully saturated rings.